The monoisotopic (exact) mass is 339 g/mol. The lowest BCUT2D eigenvalue weighted by atomic mass is 9.86. The van der Waals surface area contributed by atoms with Gasteiger partial charge in [0, 0.05) is 12.1 Å². The summed E-state index contributed by atoms with van der Waals surface area (Å²) in [4.78, 5) is 11.4. The quantitative estimate of drug-likeness (QED) is 0.915. The maximum Gasteiger partial charge on any atom is 0.304 e. The first-order valence-electron chi connectivity index (χ1n) is 7.85. The van der Waals surface area contributed by atoms with Crippen molar-refractivity contribution in [3.63, 3.8) is 0 Å². The average Bonchev–Trinajstić information content (AvgIpc) is 2.82. The van der Waals surface area contributed by atoms with Crippen LogP contribution >= 0.6 is 0 Å². The molecule has 1 heterocycles. The summed E-state index contributed by atoms with van der Waals surface area (Å²) in [5, 5.41) is 9.13. The molecule has 0 unspecified atom stereocenters. The van der Waals surface area contributed by atoms with E-state index in [4.69, 9.17) is 5.11 Å². The van der Waals surface area contributed by atoms with Gasteiger partial charge < -0.3 is 5.11 Å². The Morgan fingerprint density at radius 3 is 2.26 bits per heavy atom. The SMILES string of the molecule is Cc1ccc(S(=O)(=O)N2[C@H](CC(=O)O)CC[C@@H]2C(C)(C)C)cc1. The minimum atomic E-state index is -3.71. The van der Waals surface area contributed by atoms with Gasteiger partial charge in [0.05, 0.1) is 11.3 Å². The summed E-state index contributed by atoms with van der Waals surface area (Å²) in [6.45, 7) is 7.90. The first kappa shape index (κ1) is 17.9. The normalized spacial score (nSPS) is 23.1. The van der Waals surface area contributed by atoms with Crippen LogP contribution in [0.3, 0.4) is 0 Å². The van der Waals surface area contributed by atoms with Crippen LogP contribution in [0.2, 0.25) is 0 Å². The van der Waals surface area contributed by atoms with Crippen molar-refractivity contribution in [1.29, 1.82) is 0 Å². The lowest BCUT2D eigenvalue weighted by Gasteiger charge is -2.36. The van der Waals surface area contributed by atoms with Crippen LogP contribution in [0.4, 0.5) is 0 Å². The lowest BCUT2D eigenvalue weighted by Crippen LogP contribution is -2.47. The second-order valence-corrected chi connectivity index (χ2v) is 9.20. The number of rotatable bonds is 4. The lowest BCUT2D eigenvalue weighted by molar-refractivity contribution is -0.137. The molecule has 1 N–H and O–H groups in total. The Hall–Kier alpha value is -1.40. The van der Waals surface area contributed by atoms with Gasteiger partial charge >= 0.3 is 5.97 Å². The number of sulfonamides is 1. The van der Waals surface area contributed by atoms with E-state index in [0.717, 1.165) is 5.56 Å². The van der Waals surface area contributed by atoms with Gasteiger partial charge in [-0.3, -0.25) is 4.79 Å². The fraction of sp³-hybridized carbons (Fsp3) is 0.588. The first-order valence-corrected chi connectivity index (χ1v) is 9.29. The Bertz CT molecular complexity index is 674. The average molecular weight is 339 g/mol. The Kier molecular flexibility index (Phi) is 4.87. The molecule has 0 aliphatic carbocycles. The molecule has 0 bridgehead atoms. The molecule has 0 spiro atoms. The van der Waals surface area contributed by atoms with Crippen LogP contribution in [0.25, 0.3) is 0 Å². The van der Waals surface area contributed by atoms with Crippen molar-refractivity contribution in [2.45, 2.75) is 63.9 Å². The van der Waals surface area contributed by atoms with Crippen molar-refractivity contribution in [1.82, 2.24) is 4.31 Å². The van der Waals surface area contributed by atoms with E-state index in [9.17, 15) is 13.2 Å². The number of carbonyl (C=O) groups is 1. The molecule has 2 rings (SSSR count). The molecule has 1 aliphatic rings. The number of hydrogen-bond donors (Lipinski definition) is 1. The van der Waals surface area contributed by atoms with Crippen molar-refractivity contribution < 1.29 is 18.3 Å². The molecule has 0 saturated carbocycles. The molecule has 23 heavy (non-hydrogen) atoms. The summed E-state index contributed by atoms with van der Waals surface area (Å²) in [5.74, 6) is -0.964. The van der Waals surface area contributed by atoms with Gasteiger partial charge in [-0.2, -0.15) is 4.31 Å². The molecular formula is C17H25NO4S. The van der Waals surface area contributed by atoms with E-state index in [-0.39, 0.29) is 22.8 Å². The molecule has 2 atom stereocenters. The van der Waals surface area contributed by atoms with E-state index in [2.05, 4.69) is 0 Å². The van der Waals surface area contributed by atoms with E-state index in [0.29, 0.717) is 12.8 Å². The molecule has 1 aromatic carbocycles. The van der Waals surface area contributed by atoms with Crippen molar-refractivity contribution >= 4 is 16.0 Å². The molecule has 1 aromatic rings. The molecule has 0 aromatic heterocycles. The maximum atomic E-state index is 13.1. The Balaban J connectivity index is 2.47. The van der Waals surface area contributed by atoms with E-state index in [1.54, 1.807) is 24.3 Å². The van der Waals surface area contributed by atoms with Gasteiger partial charge in [-0.05, 0) is 37.3 Å². The molecule has 1 saturated heterocycles. The predicted octanol–water partition coefficient (Wildman–Crippen LogP) is 3.04. The van der Waals surface area contributed by atoms with Gasteiger partial charge in [-0.1, -0.05) is 38.5 Å². The Labute approximate surface area is 138 Å². The molecular weight excluding hydrogens is 314 g/mol. The predicted molar refractivity (Wildman–Crippen MR) is 88.7 cm³/mol. The summed E-state index contributed by atoms with van der Waals surface area (Å²) < 4.78 is 27.7. The number of nitrogens with zero attached hydrogens (tertiary/aromatic N) is 1. The number of hydrogen-bond acceptors (Lipinski definition) is 3. The Morgan fingerprint density at radius 1 is 1.22 bits per heavy atom. The summed E-state index contributed by atoms with van der Waals surface area (Å²) in [6.07, 6.45) is 1.11. The van der Waals surface area contributed by atoms with Gasteiger partial charge in [0.15, 0.2) is 0 Å². The third-order valence-corrected chi connectivity index (χ3v) is 6.42. The smallest absolute Gasteiger partial charge is 0.304 e. The van der Waals surface area contributed by atoms with Crippen LogP contribution in [0.15, 0.2) is 29.2 Å². The molecule has 1 fully saturated rings. The van der Waals surface area contributed by atoms with Crippen molar-refractivity contribution in [3.05, 3.63) is 29.8 Å². The van der Waals surface area contributed by atoms with Gasteiger partial charge in [0.25, 0.3) is 0 Å². The van der Waals surface area contributed by atoms with E-state index in [1.165, 1.54) is 4.31 Å². The maximum absolute atomic E-state index is 13.1. The third kappa shape index (κ3) is 3.75. The van der Waals surface area contributed by atoms with Crippen LogP contribution in [-0.4, -0.2) is 35.9 Å². The number of carboxylic acid groups (broad SMARTS) is 1. The van der Waals surface area contributed by atoms with E-state index >= 15 is 0 Å². The first-order chi connectivity index (χ1) is 10.5. The molecule has 128 valence electrons. The molecule has 6 heteroatoms. The zero-order valence-electron chi connectivity index (χ0n) is 14.1. The fourth-order valence-electron chi connectivity index (χ4n) is 3.26. The van der Waals surface area contributed by atoms with Crippen molar-refractivity contribution in [2.75, 3.05) is 0 Å². The minimum absolute atomic E-state index is 0.155. The van der Waals surface area contributed by atoms with Crippen LogP contribution in [0.1, 0.15) is 45.6 Å². The second kappa shape index (κ2) is 6.24. The van der Waals surface area contributed by atoms with Gasteiger partial charge in [0.1, 0.15) is 0 Å². The number of carboxylic acids is 1. The zero-order valence-corrected chi connectivity index (χ0v) is 14.9. The topological polar surface area (TPSA) is 74.7 Å². The fourth-order valence-corrected chi connectivity index (χ4v) is 5.32. The molecule has 0 amide bonds. The summed E-state index contributed by atoms with van der Waals surface area (Å²) in [5.41, 5.74) is 0.741. The van der Waals surface area contributed by atoms with Crippen LogP contribution in [-0.2, 0) is 14.8 Å². The molecule has 5 nitrogen and oxygen atoms in total. The van der Waals surface area contributed by atoms with Gasteiger partial charge in [-0.15, -0.1) is 0 Å². The highest BCUT2D eigenvalue weighted by Crippen LogP contribution is 2.40. The van der Waals surface area contributed by atoms with E-state index < -0.39 is 22.0 Å². The van der Waals surface area contributed by atoms with Crippen LogP contribution < -0.4 is 0 Å². The van der Waals surface area contributed by atoms with Gasteiger partial charge in [0.2, 0.25) is 10.0 Å². The summed E-state index contributed by atoms with van der Waals surface area (Å²) >= 11 is 0. The highest BCUT2D eigenvalue weighted by molar-refractivity contribution is 7.89. The van der Waals surface area contributed by atoms with E-state index in [1.807, 2.05) is 27.7 Å². The highest BCUT2D eigenvalue weighted by atomic mass is 32.2. The van der Waals surface area contributed by atoms with Crippen LogP contribution in [0.5, 0.6) is 0 Å². The molecule has 0 radical (unpaired) electrons. The Morgan fingerprint density at radius 2 is 1.78 bits per heavy atom. The molecule has 1 aliphatic heterocycles. The highest BCUT2D eigenvalue weighted by Gasteiger charge is 2.47. The number of aryl methyl sites for hydroxylation is 1. The standard InChI is InChI=1S/C17H25NO4S/c1-12-5-8-14(9-6-12)23(21,22)18-13(11-16(19)20)7-10-15(18)17(2,3)4/h5-6,8-9,13,15H,7,10-11H2,1-4H3,(H,19,20)/t13-,15+/m0/s1. The summed E-state index contributed by atoms with van der Waals surface area (Å²) in [6, 6.07) is 6.05. The van der Waals surface area contributed by atoms with Gasteiger partial charge in [-0.25, -0.2) is 8.42 Å². The summed E-state index contributed by atoms with van der Waals surface area (Å²) in [7, 11) is -3.71. The van der Waals surface area contributed by atoms with Crippen molar-refractivity contribution in [3.8, 4) is 0 Å². The van der Waals surface area contributed by atoms with Crippen molar-refractivity contribution in [2.24, 2.45) is 5.41 Å². The minimum Gasteiger partial charge on any atom is -0.481 e. The number of benzene rings is 1. The second-order valence-electron chi connectivity index (χ2n) is 7.36. The third-order valence-electron chi connectivity index (χ3n) is 4.45. The number of aliphatic carboxylic acids is 1. The zero-order chi connectivity index (χ0) is 17.4. The van der Waals surface area contributed by atoms with Crippen LogP contribution in [0, 0.1) is 12.3 Å². The largest absolute Gasteiger partial charge is 0.481 e.